The number of sulfonamides is 1. The second-order valence-corrected chi connectivity index (χ2v) is 8.92. The first-order chi connectivity index (χ1) is 12.0. The SMILES string of the molecule is CS(=O)(=O)N1CCC(Nc2cc(NC3CCCC3)c(C#N)cn2)CC1. The normalized spacial score (nSPS) is 20.3. The quantitative estimate of drug-likeness (QED) is 0.832. The molecule has 2 aliphatic rings. The minimum atomic E-state index is -3.11. The van der Waals surface area contributed by atoms with Gasteiger partial charge in [-0.05, 0) is 25.7 Å². The van der Waals surface area contributed by atoms with Crippen LogP contribution in [0.2, 0.25) is 0 Å². The molecule has 0 bridgehead atoms. The van der Waals surface area contributed by atoms with Gasteiger partial charge in [-0.25, -0.2) is 17.7 Å². The number of nitriles is 1. The summed E-state index contributed by atoms with van der Waals surface area (Å²) in [5.41, 5.74) is 1.39. The molecule has 2 fully saturated rings. The van der Waals surface area contributed by atoms with Gasteiger partial charge in [0.1, 0.15) is 11.9 Å². The van der Waals surface area contributed by atoms with E-state index in [0.29, 0.717) is 24.7 Å². The summed E-state index contributed by atoms with van der Waals surface area (Å²) in [6, 6.07) is 4.72. The summed E-state index contributed by atoms with van der Waals surface area (Å²) in [6.45, 7) is 1.06. The van der Waals surface area contributed by atoms with Gasteiger partial charge >= 0.3 is 0 Å². The average Bonchev–Trinajstić information content (AvgIpc) is 3.08. The second kappa shape index (κ2) is 7.58. The van der Waals surface area contributed by atoms with Gasteiger partial charge in [0.25, 0.3) is 0 Å². The summed E-state index contributed by atoms with van der Waals surface area (Å²) in [5, 5.41) is 16.2. The van der Waals surface area contributed by atoms with Gasteiger partial charge in [0.05, 0.1) is 17.5 Å². The fourth-order valence-corrected chi connectivity index (χ4v) is 4.45. The molecule has 0 spiro atoms. The summed E-state index contributed by atoms with van der Waals surface area (Å²) >= 11 is 0. The monoisotopic (exact) mass is 363 g/mol. The van der Waals surface area contributed by atoms with Crippen LogP contribution in [0.25, 0.3) is 0 Å². The van der Waals surface area contributed by atoms with Crippen LogP contribution in [0.3, 0.4) is 0 Å². The van der Waals surface area contributed by atoms with Crippen molar-refractivity contribution in [1.29, 1.82) is 5.26 Å². The molecule has 25 heavy (non-hydrogen) atoms. The molecule has 1 aliphatic heterocycles. The number of nitrogens with zero attached hydrogens (tertiary/aromatic N) is 3. The topological polar surface area (TPSA) is 98.1 Å². The van der Waals surface area contributed by atoms with Crippen LogP contribution in [-0.2, 0) is 10.0 Å². The van der Waals surface area contributed by atoms with Gasteiger partial charge in [-0.3, -0.25) is 0 Å². The third kappa shape index (κ3) is 4.61. The summed E-state index contributed by atoms with van der Waals surface area (Å²) in [6.07, 6.45) is 9.10. The number of anilines is 2. The predicted molar refractivity (Wildman–Crippen MR) is 97.9 cm³/mol. The molecule has 8 heteroatoms. The Balaban J connectivity index is 1.64. The van der Waals surface area contributed by atoms with E-state index >= 15 is 0 Å². The van der Waals surface area contributed by atoms with Crippen molar-refractivity contribution in [2.75, 3.05) is 30.0 Å². The van der Waals surface area contributed by atoms with Crippen molar-refractivity contribution in [3.63, 3.8) is 0 Å². The van der Waals surface area contributed by atoms with Crippen molar-refractivity contribution in [2.24, 2.45) is 0 Å². The van der Waals surface area contributed by atoms with E-state index in [1.807, 2.05) is 6.07 Å². The Morgan fingerprint density at radius 2 is 1.80 bits per heavy atom. The lowest BCUT2D eigenvalue weighted by Crippen LogP contribution is -2.41. The molecule has 3 rings (SSSR count). The number of hydrogen-bond donors (Lipinski definition) is 2. The first-order valence-electron chi connectivity index (χ1n) is 8.84. The molecular formula is C17H25N5O2S. The first-order valence-corrected chi connectivity index (χ1v) is 10.7. The Labute approximate surface area is 149 Å². The fraction of sp³-hybridized carbons (Fsp3) is 0.647. The van der Waals surface area contributed by atoms with Gasteiger partial charge in [0, 0.05) is 37.4 Å². The van der Waals surface area contributed by atoms with E-state index in [1.54, 1.807) is 6.20 Å². The number of hydrogen-bond acceptors (Lipinski definition) is 6. The van der Waals surface area contributed by atoms with E-state index in [2.05, 4.69) is 21.7 Å². The van der Waals surface area contributed by atoms with E-state index < -0.39 is 10.0 Å². The van der Waals surface area contributed by atoms with Crippen molar-refractivity contribution in [3.8, 4) is 6.07 Å². The van der Waals surface area contributed by atoms with Crippen LogP contribution in [0.4, 0.5) is 11.5 Å². The molecule has 1 aromatic rings. The van der Waals surface area contributed by atoms with E-state index in [9.17, 15) is 13.7 Å². The van der Waals surface area contributed by atoms with Crippen LogP contribution in [0.5, 0.6) is 0 Å². The maximum absolute atomic E-state index is 11.6. The number of piperidine rings is 1. The lowest BCUT2D eigenvalue weighted by atomic mass is 10.1. The van der Waals surface area contributed by atoms with Crippen LogP contribution < -0.4 is 10.6 Å². The maximum atomic E-state index is 11.6. The molecule has 0 aromatic carbocycles. The van der Waals surface area contributed by atoms with Crippen LogP contribution >= 0.6 is 0 Å². The summed E-state index contributed by atoms with van der Waals surface area (Å²) in [7, 11) is -3.11. The summed E-state index contributed by atoms with van der Waals surface area (Å²) < 4.78 is 24.7. The lowest BCUT2D eigenvalue weighted by molar-refractivity contribution is 0.331. The summed E-state index contributed by atoms with van der Waals surface area (Å²) in [4.78, 5) is 4.34. The highest BCUT2D eigenvalue weighted by molar-refractivity contribution is 7.88. The van der Waals surface area contributed by atoms with Gasteiger partial charge in [-0.1, -0.05) is 12.8 Å². The molecule has 0 amide bonds. The van der Waals surface area contributed by atoms with E-state index in [0.717, 1.165) is 37.2 Å². The molecule has 1 saturated heterocycles. The highest BCUT2D eigenvalue weighted by atomic mass is 32.2. The largest absolute Gasteiger partial charge is 0.381 e. The molecule has 0 atom stereocenters. The van der Waals surface area contributed by atoms with E-state index in [4.69, 9.17) is 0 Å². The molecule has 1 aromatic heterocycles. The van der Waals surface area contributed by atoms with Crippen LogP contribution in [0, 0.1) is 11.3 Å². The van der Waals surface area contributed by atoms with Crippen LogP contribution in [0.15, 0.2) is 12.3 Å². The Morgan fingerprint density at radius 3 is 2.40 bits per heavy atom. The van der Waals surface area contributed by atoms with Gasteiger partial charge in [-0.15, -0.1) is 0 Å². The number of pyridine rings is 1. The van der Waals surface area contributed by atoms with Crippen molar-refractivity contribution in [3.05, 3.63) is 17.8 Å². The Kier molecular flexibility index (Phi) is 5.45. The molecule has 2 heterocycles. The fourth-order valence-electron chi connectivity index (χ4n) is 3.57. The number of rotatable bonds is 5. The first kappa shape index (κ1) is 18.0. The third-order valence-electron chi connectivity index (χ3n) is 5.01. The standard InChI is InChI=1S/C17H25N5O2S/c1-25(23,24)22-8-6-15(7-9-22)21-17-10-16(13(11-18)12-19-17)20-14-4-2-3-5-14/h10,12,14-15H,2-9H2,1H3,(H2,19,20,21). The van der Waals surface area contributed by atoms with Crippen molar-refractivity contribution >= 4 is 21.5 Å². The van der Waals surface area contributed by atoms with Gasteiger partial charge < -0.3 is 10.6 Å². The summed E-state index contributed by atoms with van der Waals surface area (Å²) in [5.74, 6) is 0.734. The molecule has 1 saturated carbocycles. The average molecular weight is 363 g/mol. The predicted octanol–water partition coefficient (Wildman–Crippen LogP) is 2.14. The zero-order valence-corrected chi connectivity index (χ0v) is 15.3. The molecule has 0 radical (unpaired) electrons. The Hall–Kier alpha value is -1.85. The zero-order valence-electron chi connectivity index (χ0n) is 14.5. The van der Waals surface area contributed by atoms with Gasteiger partial charge in [-0.2, -0.15) is 5.26 Å². The van der Waals surface area contributed by atoms with Crippen molar-refractivity contribution < 1.29 is 8.42 Å². The second-order valence-electron chi connectivity index (χ2n) is 6.93. The molecule has 2 N–H and O–H groups in total. The third-order valence-corrected chi connectivity index (χ3v) is 6.32. The van der Waals surface area contributed by atoms with Crippen molar-refractivity contribution in [1.82, 2.24) is 9.29 Å². The molecule has 0 unspecified atom stereocenters. The van der Waals surface area contributed by atoms with Gasteiger partial charge in [0.2, 0.25) is 10.0 Å². The molecule has 1 aliphatic carbocycles. The number of aromatic nitrogens is 1. The van der Waals surface area contributed by atoms with Crippen LogP contribution in [0.1, 0.15) is 44.1 Å². The minimum absolute atomic E-state index is 0.192. The Bertz CT molecular complexity index is 745. The minimum Gasteiger partial charge on any atom is -0.381 e. The van der Waals surface area contributed by atoms with E-state index in [-0.39, 0.29) is 6.04 Å². The lowest BCUT2D eigenvalue weighted by Gasteiger charge is -2.31. The number of nitrogens with one attached hydrogen (secondary N) is 2. The van der Waals surface area contributed by atoms with Crippen LogP contribution in [-0.4, -0.2) is 49.1 Å². The van der Waals surface area contributed by atoms with Crippen molar-refractivity contribution in [2.45, 2.75) is 50.6 Å². The van der Waals surface area contributed by atoms with Gasteiger partial charge in [0.15, 0.2) is 0 Å². The Morgan fingerprint density at radius 1 is 1.16 bits per heavy atom. The maximum Gasteiger partial charge on any atom is 0.211 e. The molecule has 136 valence electrons. The highest BCUT2D eigenvalue weighted by Crippen LogP contribution is 2.26. The molecule has 7 nitrogen and oxygen atoms in total. The highest BCUT2D eigenvalue weighted by Gasteiger charge is 2.25. The van der Waals surface area contributed by atoms with E-state index in [1.165, 1.54) is 23.4 Å². The smallest absolute Gasteiger partial charge is 0.211 e. The zero-order chi connectivity index (χ0) is 17.9. The molecular weight excluding hydrogens is 338 g/mol.